The molecule has 8 heteroatoms. The minimum atomic E-state index is -1.29. The average Bonchev–Trinajstić information content (AvgIpc) is 2.54. The van der Waals surface area contributed by atoms with Crippen LogP contribution >= 0.6 is 11.6 Å². The van der Waals surface area contributed by atoms with Gasteiger partial charge in [-0.25, -0.2) is 4.79 Å². The summed E-state index contributed by atoms with van der Waals surface area (Å²) < 4.78 is 10.3. The van der Waals surface area contributed by atoms with Gasteiger partial charge in [0.05, 0.1) is 0 Å². The van der Waals surface area contributed by atoms with Crippen LogP contribution in [-0.4, -0.2) is 29.6 Å². The number of aromatic carboxylic acids is 1. The van der Waals surface area contributed by atoms with Crippen molar-refractivity contribution in [3.8, 4) is 11.5 Å². The van der Waals surface area contributed by atoms with Crippen molar-refractivity contribution < 1.29 is 29.0 Å². The predicted octanol–water partition coefficient (Wildman–Crippen LogP) is 3.29. The van der Waals surface area contributed by atoms with Crippen molar-refractivity contribution in [1.82, 2.24) is 0 Å². The molecule has 26 heavy (non-hydrogen) atoms. The highest BCUT2D eigenvalue weighted by molar-refractivity contribution is 6.30. The average molecular weight is 378 g/mol. The molecule has 2 aromatic rings. The lowest BCUT2D eigenvalue weighted by Gasteiger charge is -2.11. The third kappa shape index (κ3) is 5.22. The maximum Gasteiger partial charge on any atom is 0.339 e. The Morgan fingerprint density at radius 1 is 1.12 bits per heavy atom. The van der Waals surface area contributed by atoms with Gasteiger partial charge in [-0.2, -0.15) is 0 Å². The Kier molecular flexibility index (Phi) is 6.19. The number of benzene rings is 2. The zero-order valence-electron chi connectivity index (χ0n) is 14.0. The molecule has 136 valence electrons. The summed E-state index contributed by atoms with van der Waals surface area (Å²) in [6.45, 7) is 2.69. The molecule has 0 bridgehead atoms. The van der Waals surface area contributed by atoms with Crippen LogP contribution < -0.4 is 14.8 Å². The Morgan fingerprint density at radius 2 is 1.81 bits per heavy atom. The van der Waals surface area contributed by atoms with Crippen LogP contribution in [0.4, 0.5) is 5.69 Å². The van der Waals surface area contributed by atoms with Crippen LogP contribution in [0.2, 0.25) is 5.02 Å². The van der Waals surface area contributed by atoms with E-state index in [0.29, 0.717) is 10.8 Å². The van der Waals surface area contributed by atoms with E-state index in [2.05, 4.69) is 5.32 Å². The molecule has 0 spiro atoms. The molecule has 1 amide bonds. The third-order valence-corrected chi connectivity index (χ3v) is 3.48. The molecule has 0 atom stereocenters. The molecule has 0 aliphatic carbocycles. The highest BCUT2D eigenvalue weighted by Crippen LogP contribution is 2.24. The van der Waals surface area contributed by atoms with Gasteiger partial charge in [0, 0.05) is 17.6 Å². The zero-order chi connectivity index (χ0) is 19.3. The van der Waals surface area contributed by atoms with Gasteiger partial charge in [-0.05, 0) is 48.9 Å². The van der Waals surface area contributed by atoms with Crippen molar-refractivity contribution in [2.75, 3.05) is 11.9 Å². The number of aryl methyl sites for hydroxylation is 1. The normalized spacial score (nSPS) is 10.1. The van der Waals surface area contributed by atoms with E-state index in [1.165, 1.54) is 18.2 Å². The summed E-state index contributed by atoms with van der Waals surface area (Å²) in [4.78, 5) is 34.3. The highest BCUT2D eigenvalue weighted by atomic mass is 35.5. The summed E-state index contributed by atoms with van der Waals surface area (Å²) in [5.41, 5.74) is 0.774. The van der Waals surface area contributed by atoms with Crippen LogP contribution in [0.15, 0.2) is 36.4 Å². The number of carbonyl (C=O) groups excluding carboxylic acids is 2. The number of hydrogen-bond donors (Lipinski definition) is 2. The van der Waals surface area contributed by atoms with Crippen LogP contribution in [0.1, 0.15) is 22.8 Å². The highest BCUT2D eigenvalue weighted by Gasteiger charge is 2.15. The van der Waals surface area contributed by atoms with Gasteiger partial charge in [0.25, 0.3) is 5.91 Å². The number of carbonyl (C=O) groups is 3. The number of carboxylic acid groups (broad SMARTS) is 1. The fourth-order valence-electron chi connectivity index (χ4n) is 2.13. The number of amides is 1. The molecule has 0 saturated heterocycles. The van der Waals surface area contributed by atoms with Crippen molar-refractivity contribution in [2.24, 2.45) is 0 Å². The lowest BCUT2D eigenvalue weighted by Crippen LogP contribution is -2.20. The van der Waals surface area contributed by atoms with Gasteiger partial charge < -0.3 is 19.9 Å². The van der Waals surface area contributed by atoms with Crippen molar-refractivity contribution in [2.45, 2.75) is 13.8 Å². The predicted molar refractivity (Wildman–Crippen MR) is 95.0 cm³/mol. The van der Waals surface area contributed by atoms with Crippen LogP contribution in [0.5, 0.6) is 11.5 Å². The molecular formula is C18H16ClNO6. The Morgan fingerprint density at radius 3 is 2.42 bits per heavy atom. The van der Waals surface area contributed by atoms with Gasteiger partial charge in [-0.1, -0.05) is 11.6 Å². The monoisotopic (exact) mass is 377 g/mol. The largest absolute Gasteiger partial charge is 0.483 e. The zero-order valence-corrected chi connectivity index (χ0v) is 14.8. The lowest BCUT2D eigenvalue weighted by atomic mass is 10.1. The number of esters is 1. The second kappa shape index (κ2) is 8.35. The quantitative estimate of drug-likeness (QED) is 0.591. The molecule has 0 heterocycles. The molecule has 0 aliphatic rings. The van der Waals surface area contributed by atoms with Gasteiger partial charge in [0.1, 0.15) is 17.1 Å². The fraction of sp³-hybridized carbons (Fsp3) is 0.167. The Hall–Kier alpha value is -3.06. The Labute approximate surface area is 154 Å². The maximum atomic E-state index is 12.0. The first-order valence-electron chi connectivity index (χ1n) is 7.51. The van der Waals surface area contributed by atoms with Crippen molar-refractivity contribution in [3.05, 3.63) is 52.5 Å². The van der Waals surface area contributed by atoms with Gasteiger partial charge in [-0.3, -0.25) is 9.59 Å². The third-order valence-electron chi connectivity index (χ3n) is 3.24. The summed E-state index contributed by atoms with van der Waals surface area (Å²) >= 11 is 5.86. The van der Waals surface area contributed by atoms with Gasteiger partial charge in [-0.15, -0.1) is 0 Å². The van der Waals surface area contributed by atoms with E-state index in [0.717, 1.165) is 12.5 Å². The van der Waals surface area contributed by atoms with E-state index < -0.39 is 17.8 Å². The molecule has 7 nitrogen and oxygen atoms in total. The first kappa shape index (κ1) is 19.3. The van der Waals surface area contributed by atoms with Gasteiger partial charge >= 0.3 is 11.9 Å². The number of ether oxygens (including phenoxy) is 2. The topological polar surface area (TPSA) is 102 Å². The Bertz CT molecular complexity index is 865. The van der Waals surface area contributed by atoms with Gasteiger partial charge in [0.2, 0.25) is 0 Å². The summed E-state index contributed by atoms with van der Waals surface area (Å²) in [7, 11) is 0. The van der Waals surface area contributed by atoms with E-state index >= 15 is 0 Å². The second-order valence-electron chi connectivity index (χ2n) is 5.36. The molecule has 0 radical (unpaired) electrons. The molecule has 2 aromatic carbocycles. The van der Waals surface area contributed by atoms with Crippen molar-refractivity contribution in [3.63, 3.8) is 0 Å². The van der Waals surface area contributed by atoms with E-state index in [4.69, 9.17) is 21.1 Å². The summed E-state index contributed by atoms with van der Waals surface area (Å²) in [6, 6.07) is 8.94. The van der Waals surface area contributed by atoms with Crippen LogP contribution in [0, 0.1) is 6.92 Å². The molecule has 0 aromatic heterocycles. The minimum absolute atomic E-state index is 0.101. The fourth-order valence-corrected chi connectivity index (χ4v) is 2.36. The Balaban J connectivity index is 2.05. The first-order valence-corrected chi connectivity index (χ1v) is 7.88. The number of anilines is 1. The summed E-state index contributed by atoms with van der Waals surface area (Å²) in [5, 5.41) is 12.3. The smallest absolute Gasteiger partial charge is 0.339 e. The number of carboxylic acids is 1. The van der Waals surface area contributed by atoms with Crippen molar-refractivity contribution >= 4 is 35.1 Å². The number of hydrogen-bond acceptors (Lipinski definition) is 5. The molecule has 2 rings (SSSR count). The van der Waals surface area contributed by atoms with Crippen LogP contribution in [0.3, 0.4) is 0 Å². The van der Waals surface area contributed by atoms with Crippen molar-refractivity contribution in [1.29, 1.82) is 0 Å². The second-order valence-corrected chi connectivity index (χ2v) is 5.79. The SMILES string of the molecule is CC(=O)Oc1ccc(NC(=O)COc2ccc(Cl)cc2C)cc1C(=O)O. The molecule has 0 unspecified atom stereocenters. The minimum Gasteiger partial charge on any atom is -0.483 e. The van der Waals surface area contributed by atoms with E-state index in [1.54, 1.807) is 25.1 Å². The number of halogens is 1. The molecule has 0 aliphatic heterocycles. The maximum absolute atomic E-state index is 12.0. The summed E-state index contributed by atoms with van der Waals surface area (Å²) in [5.74, 6) is -1.99. The first-order chi connectivity index (χ1) is 12.3. The van der Waals surface area contributed by atoms with E-state index in [9.17, 15) is 19.5 Å². The molecule has 0 fully saturated rings. The standard InChI is InChI=1S/C18H16ClNO6/c1-10-7-12(19)3-5-15(10)25-9-17(22)20-13-4-6-16(26-11(2)21)14(8-13)18(23)24/h3-8H,9H2,1-2H3,(H,20,22)(H,23,24). The van der Waals surface area contributed by atoms with Gasteiger partial charge in [0.15, 0.2) is 6.61 Å². The van der Waals surface area contributed by atoms with E-state index in [1.807, 2.05) is 0 Å². The molecule has 0 saturated carbocycles. The van der Waals surface area contributed by atoms with E-state index in [-0.39, 0.29) is 23.6 Å². The summed E-state index contributed by atoms with van der Waals surface area (Å²) in [6.07, 6.45) is 0. The number of rotatable bonds is 6. The molecule has 2 N–H and O–H groups in total. The molecular weight excluding hydrogens is 362 g/mol. The van der Waals surface area contributed by atoms with Crippen LogP contribution in [-0.2, 0) is 9.59 Å². The number of nitrogens with one attached hydrogen (secondary N) is 1. The van der Waals surface area contributed by atoms with Crippen LogP contribution in [0.25, 0.3) is 0 Å². The lowest BCUT2D eigenvalue weighted by molar-refractivity contribution is -0.131.